The number of aliphatic hydroxyl groups excluding tert-OH is 1. The molecule has 0 aliphatic carbocycles. The van der Waals surface area contributed by atoms with E-state index in [-0.39, 0.29) is 11.5 Å². The van der Waals surface area contributed by atoms with Crippen molar-refractivity contribution in [2.24, 2.45) is 0 Å². The number of hydrogen-bond donors (Lipinski definition) is 2. The first kappa shape index (κ1) is 17.1. The van der Waals surface area contributed by atoms with E-state index in [4.69, 9.17) is 4.74 Å². The van der Waals surface area contributed by atoms with Gasteiger partial charge in [-0.2, -0.15) is 0 Å². The van der Waals surface area contributed by atoms with Gasteiger partial charge in [-0.15, -0.1) is 0 Å². The monoisotopic (exact) mass is 301 g/mol. The average Bonchev–Trinajstić information content (AvgIpc) is 2.41. The van der Waals surface area contributed by atoms with Crippen LogP contribution in [0, 0.1) is 13.8 Å². The average molecular weight is 301 g/mol. The Hall–Kier alpha value is -0.950. The first-order valence-corrected chi connectivity index (χ1v) is 8.19. The smallest absolute Gasteiger partial charge is 0.240 e. The van der Waals surface area contributed by atoms with Gasteiger partial charge in [-0.05, 0) is 49.9 Å². The Morgan fingerprint density at radius 3 is 2.60 bits per heavy atom. The summed E-state index contributed by atoms with van der Waals surface area (Å²) in [4.78, 5) is 0.234. The molecule has 1 rings (SSSR count). The van der Waals surface area contributed by atoms with Crippen LogP contribution in [0.1, 0.15) is 30.0 Å². The fraction of sp³-hybridized carbons (Fsp3) is 0.571. The van der Waals surface area contributed by atoms with Gasteiger partial charge >= 0.3 is 0 Å². The molecule has 114 valence electrons. The third kappa shape index (κ3) is 4.56. The van der Waals surface area contributed by atoms with Crippen molar-refractivity contribution in [3.8, 4) is 0 Å². The van der Waals surface area contributed by atoms with Crippen LogP contribution in [-0.2, 0) is 21.4 Å². The molecular weight excluding hydrogens is 278 g/mol. The lowest BCUT2D eigenvalue weighted by Gasteiger charge is -2.13. The lowest BCUT2D eigenvalue weighted by atomic mass is 10.1. The van der Waals surface area contributed by atoms with Crippen LogP contribution < -0.4 is 4.72 Å². The number of ether oxygens (including phenoxy) is 1. The van der Waals surface area contributed by atoms with Crippen LogP contribution in [-0.4, -0.2) is 33.3 Å². The molecule has 0 bridgehead atoms. The summed E-state index contributed by atoms with van der Waals surface area (Å²) in [6.07, 6.45) is 0.630. The van der Waals surface area contributed by atoms with Crippen LogP contribution in [0.2, 0.25) is 0 Å². The van der Waals surface area contributed by atoms with E-state index in [2.05, 4.69) is 4.72 Å². The summed E-state index contributed by atoms with van der Waals surface area (Å²) in [5, 5.41) is 9.18. The molecule has 0 atom stereocenters. The molecule has 0 saturated carbocycles. The molecule has 0 unspecified atom stereocenters. The Morgan fingerprint density at radius 2 is 2.00 bits per heavy atom. The minimum atomic E-state index is -3.55. The lowest BCUT2D eigenvalue weighted by Crippen LogP contribution is -2.26. The molecule has 20 heavy (non-hydrogen) atoms. The van der Waals surface area contributed by atoms with E-state index in [1.165, 1.54) is 6.07 Å². The van der Waals surface area contributed by atoms with Crippen LogP contribution in [0.3, 0.4) is 0 Å². The predicted octanol–water partition coefficient (Wildman–Crippen LogP) is 1.50. The van der Waals surface area contributed by atoms with E-state index in [0.717, 1.165) is 5.56 Å². The number of benzene rings is 1. The van der Waals surface area contributed by atoms with E-state index in [0.29, 0.717) is 37.3 Å². The van der Waals surface area contributed by atoms with Crippen molar-refractivity contribution >= 4 is 10.0 Å². The molecule has 0 heterocycles. The van der Waals surface area contributed by atoms with Crippen molar-refractivity contribution < 1.29 is 18.3 Å². The Bertz CT molecular complexity index is 540. The van der Waals surface area contributed by atoms with Gasteiger partial charge in [-0.3, -0.25) is 0 Å². The second-order valence-electron chi connectivity index (χ2n) is 4.64. The van der Waals surface area contributed by atoms with Crippen molar-refractivity contribution in [2.45, 2.75) is 38.7 Å². The Labute approximate surface area is 121 Å². The number of aryl methyl sites for hydroxylation is 1. The molecule has 2 N–H and O–H groups in total. The summed E-state index contributed by atoms with van der Waals surface area (Å²) < 4.78 is 32.3. The summed E-state index contributed by atoms with van der Waals surface area (Å²) in [5.74, 6) is 0. The summed E-state index contributed by atoms with van der Waals surface area (Å²) in [7, 11) is -3.55. The summed E-state index contributed by atoms with van der Waals surface area (Å²) >= 11 is 0. The predicted molar refractivity (Wildman–Crippen MR) is 78.1 cm³/mol. The molecule has 0 aromatic heterocycles. The molecule has 6 heteroatoms. The van der Waals surface area contributed by atoms with E-state index >= 15 is 0 Å². The van der Waals surface area contributed by atoms with Crippen LogP contribution in [0.25, 0.3) is 0 Å². The Kier molecular flexibility index (Phi) is 6.61. The topological polar surface area (TPSA) is 75.6 Å². The normalized spacial score (nSPS) is 11.8. The van der Waals surface area contributed by atoms with Gasteiger partial charge in [0, 0.05) is 19.8 Å². The number of sulfonamides is 1. The summed E-state index contributed by atoms with van der Waals surface area (Å²) in [6, 6.07) is 3.32. The zero-order valence-corrected chi connectivity index (χ0v) is 13.1. The fourth-order valence-electron chi connectivity index (χ4n) is 1.87. The van der Waals surface area contributed by atoms with Gasteiger partial charge in [0.25, 0.3) is 0 Å². The first-order chi connectivity index (χ1) is 9.42. The maximum absolute atomic E-state index is 12.3. The molecule has 0 radical (unpaired) electrons. The molecular formula is C14H23NO4S. The van der Waals surface area contributed by atoms with Gasteiger partial charge in [-0.25, -0.2) is 13.1 Å². The van der Waals surface area contributed by atoms with Gasteiger partial charge in [0.05, 0.1) is 11.5 Å². The highest BCUT2D eigenvalue weighted by molar-refractivity contribution is 7.89. The lowest BCUT2D eigenvalue weighted by molar-refractivity contribution is 0.146. The molecule has 0 fully saturated rings. The molecule has 1 aromatic rings. The van der Waals surface area contributed by atoms with E-state index in [1.807, 2.05) is 13.8 Å². The minimum absolute atomic E-state index is 0.173. The Balaban J connectivity index is 2.84. The molecule has 0 amide bonds. The van der Waals surface area contributed by atoms with Crippen LogP contribution >= 0.6 is 0 Å². The van der Waals surface area contributed by atoms with Crippen molar-refractivity contribution in [1.29, 1.82) is 0 Å². The third-order valence-electron chi connectivity index (χ3n) is 3.11. The van der Waals surface area contributed by atoms with Gasteiger partial charge in [0.2, 0.25) is 10.0 Å². The number of rotatable bonds is 8. The zero-order chi connectivity index (χ0) is 15.2. The van der Waals surface area contributed by atoms with Crippen LogP contribution in [0.5, 0.6) is 0 Å². The van der Waals surface area contributed by atoms with E-state index in [1.54, 1.807) is 13.0 Å². The highest BCUT2D eigenvalue weighted by Gasteiger charge is 2.18. The zero-order valence-electron chi connectivity index (χ0n) is 12.3. The largest absolute Gasteiger partial charge is 0.392 e. The molecule has 0 spiro atoms. The minimum Gasteiger partial charge on any atom is -0.392 e. The fourth-order valence-corrected chi connectivity index (χ4v) is 3.31. The van der Waals surface area contributed by atoms with E-state index < -0.39 is 10.0 Å². The quantitative estimate of drug-likeness (QED) is 0.714. The molecule has 1 aromatic carbocycles. The molecule has 0 aliphatic heterocycles. The molecule has 0 aliphatic rings. The molecule has 0 saturated heterocycles. The van der Waals surface area contributed by atoms with Crippen molar-refractivity contribution in [2.75, 3.05) is 19.8 Å². The van der Waals surface area contributed by atoms with Crippen molar-refractivity contribution in [3.05, 3.63) is 28.8 Å². The van der Waals surface area contributed by atoms with Crippen LogP contribution in [0.4, 0.5) is 0 Å². The van der Waals surface area contributed by atoms with Gasteiger partial charge in [0.1, 0.15) is 0 Å². The van der Waals surface area contributed by atoms with Gasteiger partial charge in [0.15, 0.2) is 0 Å². The highest BCUT2D eigenvalue weighted by atomic mass is 32.2. The SMILES string of the molecule is CCOCCCNS(=O)(=O)c1cc(CO)cc(C)c1C. The summed E-state index contributed by atoms with van der Waals surface area (Å²) in [6.45, 7) is 6.83. The second kappa shape index (κ2) is 7.73. The number of nitrogens with one attached hydrogen (secondary N) is 1. The van der Waals surface area contributed by atoms with E-state index in [9.17, 15) is 13.5 Å². The van der Waals surface area contributed by atoms with Crippen molar-refractivity contribution in [1.82, 2.24) is 4.72 Å². The van der Waals surface area contributed by atoms with Crippen molar-refractivity contribution in [3.63, 3.8) is 0 Å². The number of hydrogen-bond acceptors (Lipinski definition) is 4. The van der Waals surface area contributed by atoms with Gasteiger partial charge < -0.3 is 9.84 Å². The van der Waals surface area contributed by atoms with Gasteiger partial charge in [-0.1, -0.05) is 6.07 Å². The standard InChI is InChI=1S/C14H23NO4S/c1-4-19-7-5-6-15-20(17,18)14-9-13(10-16)8-11(2)12(14)3/h8-9,15-16H,4-7,10H2,1-3H3. The number of aliphatic hydroxyl groups is 1. The summed E-state index contributed by atoms with van der Waals surface area (Å²) in [5.41, 5.74) is 2.16. The maximum Gasteiger partial charge on any atom is 0.240 e. The molecule has 5 nitrogen and oxygen atoms in total. The maximum atomic E-state index is 12.3. The third-order valence-corrected chi connectivity index (χ3v) is 4.70. The highest BCUT2D eigenvalue weighted by Crippen LogP contribution is 2.21. The van der Waals surface area contributed by atoms with Crippen LogP contribution in [0.15, 0.2) is 17.0 Å². The first-order valence-electron chi connectivity index (χ1n) is 6.70. The second-order valence-corrected chi connectivity index (χ2v) is 6.38. The Morgan fingerprint density at radius 1 is 1.30 bits per heavy atom.